The summed E-state index contributed by atoms with van der Waals surface area (Å²) in [5, 5.41) is 0. The van der Waals surface area contributed by atoms with Gasteiger partial charge in [-0.15, -0.1) is 11.6 Å². The van der Waals surface area contributed by atoms with E-state index >= 15 is 0 Å². The molecule has 0 saturated carbocycles. The summed E-state index contributed by atoms with van der Waals surface area (Å²) in [6, 6.07) is -1.60. The Kier molecular flexibility index (Phi) is 1.58. The highest BCUT2D eigenvalue weighted by atomic mass is 35.5. The first-order chi connectivity index (χ1) is 4.02. The maximum absolute atomic E-state index is 11.6. The maximum Gasteiger partial charge on any atom is 0.407 e. The van der Waals surface area contributed by atoms with Crippen LogP contribution in [-0.2, 0) is 0 Å². The van der Waals surface area contributed by atoms with Crippen LogP contribution in [0.5, 0.6) is 0 Å². The minimum Gasteiger partial charge on any atom is -0.242 e. The van der Waals surface area contributed by atoms with Gasteiger partial charge in [-0.1, -0.05) is 0 Å². The topological polar surface area (TPSA) is 24.1 Å². The van der Waals surface area contributed by atoms with E-state index < -0.39 is 17.7 Å². The second-order valence-corrected chi connectivity index (χ2v) is 2.18. The molecule has 2 N–H and O–H groups in total. The monoisotopic (exact) mass is 160 g/mol. The Hall–Kier alpha value is 0. The molecule has 2 nitrogen and oxygen atoms in total. The van der Waals surface area contributed by atoms with Crippen molar-refractivity contribution >= 4 is 11.6 Å². The number of nitrogens with one attached hydrogen (secondary N) is 2. The lowest BCUT2D eigenvalue weighted by molar-refractivity contribution is -0.178. The second kappa shape index (κ2) is 2.00. The Morgan fingerprint density at radius 3 is 1.78 bits per heavy atom. The van der Waals surface area contributed by atoms with Gasteiger partial charge in [-0.2, -0.15) is 13.2 Å². The van der Waals surface area contributed by atoms with Crippen molar-refractivity contribution in [1.82, 2.24) is 10.9 Å². The summed E-state index contributed by atoms with van der Waals surface area (Å²) in [6.45, 7) is 0. The van der Waals surface area contributed by atoms with Gasteiger partial charge < -0.3 is 0 Å². The van der Waals surface area contributed by atoms with Gasteiger partial charge in [0.25, 0.3) is 0 Å². The molecule has 0 aromatic carbocycles. The Labute approximate surface area is 54.3 Å². The first-order valence-electron chi connectivity index (χ1n) is 2.23. The Morgan fingerprint density at radius 1 is 1.22 bits per heavy atom. The number of hydrogen-bond donors (Lipinski definition) is 2. The van der Waals surface area contributed by atoms with Crippen LogP contribution in [-0.4, -0.2) is 17.7 Å². The highest BCUT2D eigenvalue weighted by Crippen LogP contribution is 2.26. The molecule has 1 aliphatic rings. The molecule has 0 aromatic heterocycles. The van der Waals surface area contributed by atoms with Gasteiger partial charge in [0.2, 0.25) is 0 Å². The van der Waals surface area contributed by atoms with Crippen LogP contribution in [0.3, 0.4) is 0 Å². The van der Waals surface area contributed by atoms with E-state index in [4.69, 9.17) is 11.6 Å². The van der Waals surface area contributed by atoms with Gasteiger partial charge in [0.1, 0.15) is 11.5 Å². The molecule has 0 bridgehead atoms. The van der Waals surface area contributed by atoms with Crippen molar-refractivity contribution < 1.29 is 13.2 Å². The minimum absolute atomic E-state index is 1.02. The van der Waals surface area contributed by atoms with Crippen molar-refractivity contribution in [1.29, 1.82) is 0 Å². The molecule has 1 saturated heterocycles. The molecule has 1 unspecified atom stereocenters. The summed E-state index contributed by atoms with van der Waals surface area (Å²) in [7, 11) is 0. The average molecular weight is 161 g/mol. The Bertz CT molecular complexity index is 114. The quantitative estimate of drug-likeness (QED) is 0.400. The third-order valence-corrected chi connectivity index (χ3v) is 1.38. The first-order valence-corrected chi connectivity index (χ1v) is 2.67. The molecule has 1 fully saturated rings. The molecule has 6 heteroatoms. The highest BCUT2D eigenvalue weighted by molar-refractivity contribution is 6.21. The van der Waals surface area contributed by atoms with Gasteiger partial charge >= 0.3 is 6.18 Å². The molecule has 1 heterocycles. The van der Waals surface area contributed by atoms with Gasteiger partial charge in [0.05, 0.1) is 0 Å². The summed E-state index contributed by atoms with van der Waals surface area (Å²) in [6.07, 6.45) is -4.24. The zero-order chi connectivity index (χ0) is 7.07. The maximum atomic E-state index is 11.6. The smallest absolute Gasteiger partial charge is 0.242 e. The Balaban J connectivity index is 2.44. The van der Waals surface area contributed by atoms with Crippen LogP contribution in [0.2, 0.25) is 0 Å². The van der Waals surface area contributed by atoms with E-state index in [9.17, 15) is 13.2 Å². The van der Waals surface area contributed by atoms with E-state index in [2.05, 4.69) is 5.43 Å². The lowest BCUT2D eigenvalue weighted by Gasteiger charge is -2.35. The van der Waals surface area contributed by atoms with E-state index in [0.29, 0.717) is 0 Å². The molecule has 0 aromatic rings. The van der Waals surface area contributed by atoms with Crippen LogP contribution in [0.1, 0.15) is 0 Å². The van der Waals surface area contributed by atoms with E-state index in [0.717, 1.165) is 0 Å². The minimum atomic E-state index is -4.24. The lowest BCUT2D eigenvalue weighted by atomic mass is 10.2. The Morgan fingerprint density at radius 2 is 1.78 bits per heavy atom. The van der Waals surface area contributed by atoms with E-state index in [-0.39, 0.29) is 0 Å². The van der Waals surface area contributed by atoms with E-state index in [1.807, 2.05) is 5.43 Å². The normalized spacial score (nSPS) is 36.0. The van der Waals surface area contributed by atoms with E-state index in [1.165, 1.54) is 0 Å². The van der Waals surface area contributed by atoms with Crippen molar-refractivity contribution in [3.05, 3.63) is 0 Å². The van der Waals surface area contributed by atoms with Crippen LogP contribution in [0.4, 0.5) is 13.2 Å². The average Bonchev–Trinajstić information content (AvgIpc) is 1.57. The molecule has 54 valence electrons. The summed E-state index contributed by atoms with van der Waals surface area (Å²) in [4.78, 5) is 0. The molecule has 0 aliphatic carbocycles. The number of hydrazine groups is 1. The molecule has 9 heavy (non-hydrogen) atoms. The van der Waals surface area contributed by atoms with E-state index in [1.54, 1.807) is 0 Å². The van der Waals surface area contributed by atoms with Crippen LogP contribution in [0.25, 0.3) is 0 Å². The third kappa shape index (κ3) is 1.28. The largest absolute Gasteiger partial charge is 0.407 e. The number of hydrogen-bond acceptors (Lipinski definition) is 2. The van der Waals surface area contributed by atoms with Crippen molar-refractivity contribution in [2.45, 2.75) is 17.7 Å². The highest BCUT2D eigenvalue weighted by Gasteiger charge is 2.49. The molecule has 0 radical (unpaired) electrons. The molecule has 0 amide bonds. The number of halogens is 4. The molecule has 0 spiro atoms. The van der Waals surface area contributed by atoms with Crippen LogP contribution in [0, 0.1) is 0 Å². The van der Waals surface area contributed by atoms with Crippen LogP contribution < -0.4 is 10.9 Å². The lowest BCUT2D eigenvalue weighted by Crippen LogP contribution is -2.70. The SMILES string of the molecule is FC(F)(F)[C@@H]1NNC1Cl. The van der Waals surface area contributed by atoms with Crippen molar-refractivity contribution in [2.24, 2.45) is 0 Å². The third-order valence-electron chi connectivity index (χ3n) is 1.02. The predicted octanol–water partition coefficient (Wildman–Crippen LogP) is 0.590. The molecular formula is C3H4ClF3N2. The van der Waals surface area contributed by atoms with Crippen molar-refractivity contribution in [3.8, 4) is 0 Å². The summed E-state index contributed by atoms with van der Waals surface area (Å²) in [5.41, 5.74) is 3.07. The number of alkyl halides is 4. The van der Waals surface area contributed by atoms with Gasteiger partial charge in [0.15, 0.2) is 0 Å². The van der Waals surface area contributed by atoms with Crippen LogP contribution >= 0.6 is 11.6 Å². The summed E-state index contributed by atoms with van der Waals surface area (Å²) >= 11 is 5.11. The fourth-order valence-corrected chi connectivity index (χ4v) is 0.746. The first kappa shape index (κ1) is 7.11. The summed E-state index contributed by atoms with van der Waals surface area (Å²) < 4.78 is 34.7. The van der Waals surface area contributed by atoms with Crippen LogP contribution in [0.15, 0.2) is 0 Å². The van der Waals surface area contributed by atoms with Gasteiger partial charge in [0, 0.05) is 0 Å². The van der Waals surface area contributed by atoms with Gasteiger partial charge in [-0.25, -0.2) is 10.9 Å². The fourth-order valence-electron chi connectivity index (χ4n) is 0.477. The fraction of sp³-hybridized carbons (Fsp3) is 1.00. The van der Waals surface area contributed by atoms with Crippen molar-refractivity contribution in [2.75, 3.05) is 0 Å². The molecule has 2 atom stereocenters. The zero-order valence-corrected chi connectivity index (χ0v) is 4.92. The van der Waals surface area contributed by atoms with Crippen molar-refractivity contribution in [3.63, 3.8) is 0 Å². The predicted molar refractivity (Wildman–Crippen MR) is 25.8 cm³/mol. The molecule has 1 rings (SSSR count). The second-order valence-electron chi connectivity index (χ2n) is 1.71. The standard InChI is InChI=1S/C3H4ClF3N2/c4-2-1(8-9-2)3(5,6)7/h1-2,8-9H/t1-,2?/m1/s1. The molecule has 1 aliphatic heterocycles. The zero-order valence-electron chi connectivity index (χ0n) is 4.17. The number of rotatable bonds is 0. The van der Waals surface area contributed by atoms with Gasteiger partial charge in [-0.05, 0) is 0 Å². The van der Waals surface area contributed by atoms with Gasteiger partial charge in [-0.3, -0.25) is 0 Å². The molecular weight excluding hydrogens is 156 g/mol. The summed E-state index contributed by atoms with van der Waals surface area (Å²) in [5.74, 6) is 0.